The Morgan fingerprint density at radius 2 is 1.82 bits per heavy atom. The van der Waals surface area contributed by atoms with Crippen LogP contribution in [0.5, 0.6) is 5.75 Å². The van der Waals surface area contributed by atoms with Crippen LogP contribution in [0.3, 0.4) is 0 Å². The summed E-state index contributed by atoms with van der Waals surface area (Å²) in [5.41, 5.74) is 1.67. The van der Waals surface area contributed by atoms with E-state index in [0.29, 0.717) is 17.9 Å². The van der Waals surface area contributed by atoms with E-state index in [0.717, 1.165) is 12.0 Å². The van der Waals surface area contributed by atoms with Gasteiger partial charge in [0.15, 0.2) is 5.78 Å². The number of carbonyl (C=O) groups is 1. The van der Waals surface area contributed by atoms with Crippen LogP contribution in [0.25, 0.3) is 0 Å². The summed E-state index contributed by atoms with van der Waals surface area (Å²) >= 11 is 0. The molecule has 0 bridgehead atoms. The maximum Gasteiger partial charge on any atom is 0.171 e. The third-order valence-electron chi connectivity index (χ3n) is 3.60. The summed E-state index contributed by atoms with van der Waals surface area (Å²) in [6.45, 7) is 2.50. The van der Waals surface area contributed by atoms with Crippen molar-refractivity contribution in [2.45, 2.75) is 13.3 Å². The lowest BCUT2D eigenvalue weighted by Gasteiger charge is -2.13. The molecule has 2 rings (SSSR count). The van der Waals surface area contributed by atoms with Gasteiger partial charge in [-0.1, -0.05) is 49.4 Å². The third-order valence-corrected chi connectivity index (χ3v) is 3.60. The summed E-state index contributed by atoms with van der Waals surface area (Å²) in [5.74, 6) is 0.583. The molecule has 2 aromatic rings. The van der Waals surface area contributed by atoms with Crippen LogP contribution in [0.15, 0.2) is 59.6 Å². The molecule has 1 atom stereocenters. The number of methoxy groups -OCH3 is 1. The van der Waals surface area contributed by atoms with Crippen molar-refractivity contribution in [1.29, 1.82) is 0 Å². The second kappa shape index (κ2) is 8.13. The fourth-order valence-electron chi connectivity index (χ4n) is 2.29. The summed E-state index contributed by atoms with van der Waals surface area (Å²) < 4.78 is 5.28. The summed E-state index contributed by atoms with van der Waals surface area (Å²) in [4.78, 5) is 17.1. The topological polar surface area (TPSA) is 38.7 Å². The summed E-state index contributed by atoms with van der Waals surface area (Å²) in [5, 5.41) is 0. The van der Waals surface area contributed by atoms with Crippen LogP contribution in [0.2, 0.25) is 0 Å². The molecular weight excluding hydrogens is 274 g/mol. The van der Waals surface area contributed by atoms with E-state index in [4.69, 9.17) is 4.74 Å². The zero-order valence-corrected chi connectivity index (χ0v) is 13.0. The molecule has 0 aliphatic carbocycles. The molecule has 22 heavy (non-hydrogen) atoms. The highest BCUT2D eigenvalue weighted by atomic mass is 16.5. The molecule has 0 saturated heterocycles. The molecule has 0 radical (unpaired) electrons. The maximum absolute atomic E-state index is 12.6. The minimum atomic E-state index is -0.128. The maximum atomic E-state index is 12.6. The van der Waals surface area contributed by atoms with Gasteiger partial charge in [0.2, 0.25) is 0 Å². The van der Waals surface area contributed by atoms with E-state index in [-0.39, 0.29) is 11.7 Å². The number of benzene rings is 2. The molecule has 0 spiro atoms. The van der Waals surface area contributed by atoms with E-state index in [1.54, 1.807) is 7.11 Å². The van der Waals surface area contributed by atoms with Crippen LogP contribution in [0.4, 0.5) is 0 Å². The fraction of sp³-hybridized carbons (Fsp3) is 0.263. The number of Topliss-reactive ketones (excluding diaryl/α,β-unsaturated/α-hetero) is 1. The number of carbonyl (C=O) groups excluding carboxylic acids is 1. The van der Waals surface area contributed by atoms with Crippen molar-refractivity contribution in [1.82, 2.24) is 0 Å². The normalized spacial score (nSPS) is 12.3. The van der Waals surface area contributed by atoms with Gasteiger partial charge in [0.05, 0.1) is 12.7 Å². The minimum Gasteiger partial charge on any atom is -0.496 e. The van der Waals surface area contributed by atoms with Crippen LogP contribution in [-0.2, 0) is 0 Å². The zero-order valence-electron chi connectivity index (χ0n) is 13.0. The molecule has 0 saturated carbocycles. The molecule has 0 amide bonds. The molecule has 0 N–H and O–H groups in total. The average molecular weight is 295 g/mol. The molecular formula is C19H21NO2. The number of hydrogen-bond acceptors (Lipinski definition) is 3. The van der Waals surface area contributed by atoms with Crippen molar-refractivity contribution in [3.8, 4) is 5.75 Å². The number of rotatable bonds is 7. The number of ether oxygens (including phenoxy) is 1. The lowest BCUT2D eigenvalue weighted by molar-refractivity contribution is 0.0918. The minimum absolute atomic E-state index is 0.0881. The van der Waals surface area contributed by atoms with Gasteiger partial charge in [-0.2, -0.15) is 0 Å². The second-order valence-electron chi connectivity index (χ2n) is 5.07. The monoisotopic (exact) mass is 295 g/mol. The Morgan fingerprint density at radius 3 is 2.50 bits per heavy atom. The van der Waals surface area contributed by atoms with Crippen LogP contribution in [0.1, 0.15) is 29.3 Å². The number of hydrogen-bond donors (Lipinski definition) is 0. The van der Waals surface area contributed by atoms with Crippen LogP contribution >= 0.6 is 0 Å². The van der Waals surface area contributed by atoms with E-state index >= 15 is 0 Å². The SMILES string of the molecule is CCC(CN=Cc1ccccc1)C(=O)c1ccccc1OC. The Morgan fingerprint density at radius 1 is 1.14 bits per heavy atom. The molecule has 2 aromatic carbocycles. The lowest BCUT2D eigenvalue weighted by atomic mass is 9.94. The Balaban J connectivity index is 2.08. The number of nitrogens with zero attached hydrogens (tertiary/aromatic N) is 1. The molecule has 114 valence electrons. The van der Waals surface area contributed by atoms with Crippen molar-refractivity contribution < 1.29 is 9.53 Å². The Labute approximate surface area is 131 Å². The molecule has 0 aromatic heterocycles. The lowest BCUT2D eigenvalue weighted by Crippen LogP contribution is -2.18. The molecule has 3 nitrogen and oxygen atoms in total. The first-order valence-electron chi connectivity index (χ1n) is 7.48. The number of aliphatic imine (C=N–C) groups is 1. The van der Waals surface area contributed by atoms with Gasteiger partial charge in [-0.25, -0.2) is 0 Å². The highest BCUT2D eigenvalue weighted by Gasteiger charge is 2.20. The van der Waals surface area contributed by atoms with Gasteiger partial charge in [0.1, 0.15) is 5.75 Å². The van der Waals surface area contributed by atoms with Crippen LogP contribution in [-0.4, -0.2) is 25.7 Å². The van der Waals surface area contributed by atoms with Gasteiger partial charge >= 0.3 is 0 Å². The van der Waals surface area contributed by atoms with E-state index in [1.807, 2.05) is 67.7 Å². The summed E-state index contributed by atoms with van der Waals surface area (Å²) in [7, 11) is 1.58. The molecule has 0 fully saturated rings. The predicted octanol–water partition coefficient (Wildman–Crippen LogP) is 4.02. The van der Waals surface area contributed by atoms with Crippen LogP contribution < -0.4 is 4.74 Å². The first-order valence-corrected chi connectivity index (χ1v) is 7.48. The summed E-state index contributed by atoms with van der Waals surface area (Å²) in [6.07, 6.45) is 2.57. The first kappa shape index (κ1) is 16.0. The van der Waals surface area contributed by atoms with Gasteiger partial charge in [-0.15, -0.1) is 0 Å². The number of para-hydroxylation sites is 1. The summed E-state index contributed by atoms with van der Waals surface area (Å²) in [6, 6.07) is 17.2. The van der Waals surface area contributed by atoms with Crippen molar-refractivity contribution in [2.24, 2.45) is 10.9 Å². The standard InChI is InChI=1S/C19H21NO2/c1-3-16(14-20-13-15-9-5-4-6-10-15)19(21)17-11-7-8-12-18(17)22-2/h4-13,16H,3,14H2,1-2H3. The van der Waals surface area contributed by atoms with E-state index < -0.39 is 0 Å². The molecule has 1 unspecified atom stereocenters. The van der Waals surface area contributed by atoms with Crippen molar-refractivity contribution in [3.05, 3.63) is 65.7 Å². The Bertz CT molecular complexity index is 635. The smallest absolute Gasteiger partial charge is 0.171 e. The van der Waals surface area contributed by atoms with Gasteiger partial charge in [-0.3, -0.25) is 9.79 Å². The first-order chi connectivity index (χ1) is 10.8. The number of ketones is 1. The Kier molecular flexibility index (Phi) is 5.90. The van der Waals surface area contributed by atoms with E-state index in [2.05, 4.69) is 4.99 Å². The molecule has 3 heteroatoms. The Hall–Kier alpha value is -2.42. The predicted molar refractivity (Wildman–Crippen MR) is 90.0 cm³/mol. The molecule has 0 aliphatic heterocycles. The average Bonchev–Trinajstić information content (AvgIpc) is 2.59. The highest BCUT2D eigenvalue weighted by molar-refractivity contribution is 6.00. The van der Waals surface area contributed by atoms with Crippen molar-refractivity contribution in [3.63, 3.8) is 0 Å². The third kappa shape index (κ3) is 4.04. The van der Waals surface area contributed by atoms with Crippen molar-refractivity contribution in [2.75, 3.05) is 13.7 Å². The van der Waals surface area contributed by atoms with E-state index in [1.165, 1.54) is 0 Å². The van der Waals surface area contributed by atoms with Gasteiger partial charge < -0.3 is 4.74 Å². The largest absolute Gasteiger partial charge is 0.496 e. The highest BCUT2D eigenvalue weighted by Crippen LogP contribution is 2.22. The zero-order chi connectivity index (χ0) is 15.8. The van der Waals surface area contributed by atoms with Gasteiger partial charge in [0, 0.05) is 18.7 Å². The molecule has 0 heterocycles. The van der Waals surface area contributed by atoms with E-state index in [9.17, 15) is 4.79 Å². The molecule has 0 aliphatic rings. The van der Waals surface area contributed by atoms with Gasteiger partial charge in [-0.05, 0) is 24.1 Å². The fourth-order valence-corrected chi connectivity index (χ4v) is 2.29. The van der Waals surface area contributed by atoms with Crippen molar-refractivity contribution >= 4 is 12.0 Å². The van der Waals surface area contributed by atoms with Crippen LogP contribution in [0, 0.1) is 5.92 Å². The van der Waals surface area contributed by atoms with Gasteiger partial charge in [0.25, 0.3) is 0 Å². The quantitative estimate of drug-likeness (QED) is 0.571. The second-order valence-corrected chi connectivity index (χ2v) is 5.07.